The molecule has 0 amide bonds. The molecule has 0 bridgehead atoms. The summed E-state index contributed by atoms with van der Waals surface area (Å²) in [6.07, 6.45) is 4.09. The van der Waals surface area contributed by atoms with E-state index in [2.05, 4.69) is 4.98 Å². The third kappa shape index (κ3) is 1.76. The van der Waals surface area contributed by atoms with Gasteiger partial charge >= 0.3 is 0 Å². The third-order valence-electron chi connectivity index (χ3n) is 2.69. The Hall–Kier alpha value is -1.38. The molecule has 1 atom stereocenters. The van der Waals surface area contributed by atoms with Gasteiger partial charge in [0.15, 0.2) is 0 Å². The fourth-order valence-electron chi connectivity index (χ4n) is 1.89. The molecular weight excluding hydrogens is 178 g/mol. The summed E-state index contributed by atoms with van der Waals surface area (Å²) in [7, 11) is 1.60. The second-order valence-electron chi connectivity index (χ2n) is 3.61. The molecule has 1 unspecified atom stereocenters. The van der Waals surface area contributed by atoms with Crippen LogP contribution in [0.3, 0.4) is 0 Å². The molecule has 3 nitrogen and oxygen atoms in total. The van der Waals surface area contributed by atoms with Gasteiger partial charge in [0.2, 0.25) is 5.88 Å². The first-order valence-corrected chi connectivity index (χ1v) is 4.81. The monoisotopic (exact) mass is 191 g/mol. The molecule has 2 rings (SSSR count). The second-order valence-corrected chi connectivity index (χ2v) is 3.61. The molecule has 0 saturated heterocycles. The second kappa shape index (κ2) is 3.78. The van der Waals surface area contributed by atoms with Gasteiger partial charge in [0, 0.05) is 25.1 Å². The van der Waals surface area contributed by atoms with Crippen LogP contribution in [0.1, 0.15) is 30.7 Å². The number of carbonyl (C=O) groups excluding carboxylic acids is 1. The molecule has 74 valence electrons. The summed E-state index contributed by atoms with van der Waals surface area (Å²) in [6, 6.07) is 3.88. The lowest BCUT2D eigenvalue weighted by atomic mass is 9.99. The fraction of sp³-hybridized carbons (Fsp3) is 0.455. The lowest BCUT2D eigenvalue weighted by Crippen LogP contribution is -1.96. The maximum atomic E-state index is 11.1. The predicted molar refractivity (Wildman–Crippen MR) is 52.4 cm³/mol. The molecule has 0 spiro atoms. The van der Waals surface area contributed by atoms with Crippen LogP contribution in [0.5, 0.6) is 5.88 Å². The standard InChI is InChI=1S/C11H13NO2/c1-14-11-7-9(4-5-12-11)8-2-3-10(13)6-8/h4-5,7-8H,2-3,6H2,1H3. The molecule has 1 aliphatic carbocycles. The van der Waals surface area contributed by atoms with Gasteiger partial charge in [-0.2, -0.15) is 0 Å². The Bertz CT molecular complexity index is 349. The molecule has 1 aromatic heterocycles. The Labute approximate surface area is 83.1 Å². The number of nitrogens with zero attached hydrogens (tertiary/aromatic N) is 1. The van der Waals surface area contributed by atoms with Gasteiger partial charge in [-0.15, -0.1) is 0 Å². The molecule has 14 heavy (non-hydrogen) atoms. The predicted octanol–water partition coefficient (Wildman–Crippen LogP) is 1.93. The van der Waals surface area contributed by atoms with Gasteiger partial charge in [-0.3, -0.25) is 4.79 Å². The lowest BCUT2D eigenvalue weighted by Gasteiger charge is -2.08. The van der Waals surface area contributed by atoms with E-state index in [-0.39, 0.29) is 0 Å². The molecule has 1 aromatic rings. The maximum absolute atomic E-state index is 11.1. The Morgan fingerprint density at radius 1 is 1.57 bits per heavy atom. The van der Waals surface area contributed by atoms with E-state index >= 15 is 0 Å². The molecule has 0 radical (unpaired) electrons. The molecule has 0 aromatic carbocycles. The zero-order valence-corrected chi connectivity index (χ0v) is 8.19. The molecule has 1 aliphatic rings. The van der Waals surface area contributed by atoms with Crippen molar-refractivity contribution in [3.05, 3.63) is 23.9 Å². The van der Waals surface area contributed by atoms with Gasteiger partial charge in [-0.1, -0.05) is 0 Å². The number of hydrogen-bond acceptors (Lipinski definition) is 3. The highest BCUT2D eigenvalue weighted by Gasteiger charge is 2.23. The van der Waals surface area contributed by atoms with E-state index in [0.717, 1.165) is 12.8 Å². The zero-order chi connectivity index (χ0) is 9.97. The smallest absolute Gasteiger partial charge is 0.213 e. The molecule has 1 heterocycles. The van der Waals surface area contributed by atoms with E-state index in [4.69, 9.17) is 4.74 Å². The topological polar surface area (TPSA) is 39.2 Å². The number of Topliss-reactive ketones (excluding diaryl/α,β-unsaturated/α-hetero) is 1. The normalized spacial score (nSPS) is 21.2. The van der Waals surface area contributed by atoms with E-state index in [1.54, 1.807) is 13.3 Å². The van der Waals surface area contributed by atoms with Crippen molar-refractivity contribution < 1.29 is 9.53 Å². The quantitative estimate of drug-likeness (QED) is 0.717. The van der Waals surface area contributed by atoms with Crippen LogP contribution in [0, 0.1) is 0 Å². The highest BCUT2D eigenvalue weighted by atomic mass is 16.5. The first-order valence-electron chi connectivity index (χ1n) is 4.81. The summed E-state index contributed by atoms with van der Waals surface area (Å²) in [5, 5.41) is 0. The highest BCUT2D eigenvalue weighted by Crippen LogP contribution is 2.32. The van der Waals surface area contributed by atoms with Crippen molar-refractivity contribution in [2.45, 2.75) is 25.2 Å². The number of aromatic nitrogens is 1. The summed E-state index contributed by atoms with van der Waals surface area (Å²) < 4.78 is 5.05. The average molecular weight is 191 g/mol. The van der Waals surface area contributed by atoms with Crippen molar-refractivity contribution in [3.63, 3.8) is 0 Å². The fourth-order valence-corrected chi connectivity index (χ4v) is 1.89. The van der Waals surface area contributed by atoms with Crippen LogP contribution >= 0.6 is 0 Å². The Kier molecular flexibility index (Phi) is 2.48. The largest absolute Gasteiger partial charge is 0.481 e. The van der Waals surface area contributed by atoms with Crippen LogP contribution in [0.25, 0.3) is 0 Å². The first kappa shape index (κ1) is 9.19. The number of hydrogen-bond donors (Lipinski definition) is 0. The summed E-state index contributed by atoms with van der Waals surface area (Å²) in [4.78, 5) is 15.2. The van der Waals surface area contributed by atoms with Crippen molar-refractivity contribution in [2.75, 3.05) is 7.11 Å². The first-order chi connectivity index (χ1) is 6.79. The van der Waals surface area contributed by atoms with Crippen LogP contribution in [-0.2, 0) is 4.79 Å². The van der Waals surface area contributed by atoms with Crippen molar-refractivity contribution in [3.8, 4) is 5.88 Å². The van der Waals surface area contributed by atoms with E-state index < -0.39 is 0 Å². The molecule has 0 aliphatic heterocycles. The number of carbonyl (C=O) groups is 1. The molecule has 1 saturated carbocycles. The van der Waals surface area contributed by atoms with Crippen molar-refractivity contribution >= 4 is 5.78 Å². The number of pyridine rings is 1. The van der Waals surface area contributed by atoms with E-state index in [0.29, 0.717) is 24.0 Å². The summed E-state index contributed by atoms with van der Waals surface area (Å²) in [5.74, 6) is 1.37. The minimum atomic E-state index is 0.366. The number of rotatable bonds is 2. The summed E-state index contributed by atoms with van der Waals surface area (Å²) >= 11 is 0. The van der Waals surface area contributed by atoms with E-state index in [9.17, 15) is 4.79 Å². The maximum Gasteiger partial charge on any atom is 0.213 e. The minimum absolute atomic E-state index is 0.366. The van der Waals surface area contributed by atoms with Gasteiger partial charge in [-0.05, 0) is 24.0 Å². The Balaban J connectivity index is 2.19. The van der Waals surface area contributed by atoms with Crippen LogP contribution < -0.4 is 4.74 Å². The van der Waals surface area contributed by atoms with Gasteiger partial charge in [0.1, 0.15) is 5.78 Å². The van der Waals surface area contributed by atoms with Gasteiger partial charge < -0.3 is 4.74 Å². The van der Waals surface area contributed by atoms with Crippen LogP contribution in [0.15, 0.2) is 18.3 Å². The number of ketones is 1. The highest BCUT2D eigenvalue weighted by molar-refractivity contribution is 5.81. The lowest BCUT2D eigenvalue weighted by molar-refractivity contribution is -0.117. The van der Waals surface area contributed by atoms with Gasteiger partial charge in [0.25, 0.3) is 0 Å². The summed E-state index contributed by atoms with van der Waals surface area (Å²) in [5.41, 5.74) is 1.17. The van der Waals surface area contributed by atoms with Gasteiger partial charge in [-0.25, -0.2) is 4.98 Å². The molecular formula is C11H13NO2. The Morgan fingerprint density at radius 3 is 3.07 bits per heavy atom. The van der Waals surface area contributed by atoms with Crippen LogP contribution in [0.4, 0.5) is 0 Å². The van der Waals surface area contributed by atoms with Crippen molar-refractivity contribution in [1.82, 2.24) is 4.98 Å². The average Bonchev–Trinajstić information content (AvgIpc) is 2.65. The number of methoxy groups -OCH3 is 1. The number of ether oxygens (including phenoxy) is 1. The van der Waals surface area contributed by atoms with Crippen LogP contribution in [-0.4, -0.2) is 17.9 Å². The SMILES string of the molecule is COc1cc(C2CCC(=O)C2)ccn1. The van der Waals surface area contributed by atoms with Gasteiger partial charge in [0.05, 0.1) is 7.11 Å². The van der Waals surface area contributed by atoms with E-state index in [1.807, 2.05) is 12.1 Å². The summed E-state index contributed by atoms with van der Waals surface area (Å²) in [6.45, 7) is 0. The third-order valence-corrected chi connectivity index (χ3v) is 2.69. The molecule has 1 fully saturated rings. The van der Waals surface area contributed by atoms with Crippen molar-refractivity contribution in [2.24, 2.45) is 0 Å². The molecule has 0 N–H and O–H groups in total. The minimum Gasteiger partial charge on any atom is -0.481 e. The molecule has 3 heteroatoms. The van der Waals surface area contributed by atoms with Crippen molar-refractivity contribution in [1.29, 1.82) is 0 Å². The Morgan fingerprint density at radius 2 is 2.43 bits per heavy atom. The zero-order valence-electron chi connectivity index (χ0n) is 8.19. The van der Waals surface area contributed by atoms with E-state index in [1.165, 1.54) is 5.56 Å². The van der Waals surface area contributed by atoms with Crippen LogP contribution in [0.2, 0.25) is 0 Å².